The lowest BCUT2D eigenvalue weighted by Crippen LogP contribution is -2.44. The van der Waals surface area contributed by atoms with Crippen LogP contribution in [0.3, 0.4) is 0 Å². The molecule has 1 heterocycles. The number of hydrogen-bond acceptors (Lipinski definition) is 2. The molecule has 0 fully saturated rings. The van der Waals surface area contributed by atoms with Crippen molar-refractivity contribution in [1.82, 2.24) is 9.47 Å². The van der Waals surface area contributed by atoms with E-state index in [1.165, 1.54) is 10.6 Å². The molecule has 0 aromatic carbocycles. The fourth-order valence-corrected chi connectivity index (χ4v) is 2.06. The molecular formula is C15H24N2O2. The third kappa shape index (κ3) is 3.46. The maximum atomic E-state index is 12.6. The Morgan fingerprint density at radius 3 is 2.21 bits per heavy atom. The maximum Gasteiger partial charge on any atom is 0.254 e. The summed E-state index contributed by atoms with van der Waals surface area (Å²) in [5.41, 5.74) is 0.322. The number of aromatic nitrogens is 1. The summed E-state index contributed by atoms with van der Waals surface area (Å²) in [6.07, 6.45) is 3.45. The van der Waals surface area contributed by atoms with E-state index in [0.29, 0.717) is 5.56 Å². The minimum atomic E-state index is -0.154. The molecule has 0 N–H and O–H groups in total. The smallest absolute Gasteiger partial charge is 0.254 e. The molecule has 0 aliphatic carbocycles. The van der Waals surface area contributed by atoms with Crippen LogP contribution in [0, 0.1) is 0 Å². The second kappa shape index (κ2) is 6.55. The fraction of sp³-hybridized carbons (Fsp3) is 0.600. The first kappa shape index (κ1) is 15.5. The molecule has 2 unspecified atom stereocenters. The van der Waals surface area contributed by atoms with Gasteiger partial charge in [-0.05, 0) is 32.8 Å². The van der Waals surface area contributed by atoms with Crippen molar-refractivity contribution >= 4 is 5.91 Å². The van der Waals surface area contributed by atoms with E-state index in [1.54, 1.807) is 19.3 Å². The Labute approximate surface area is 115 Å². The van der Waals surface area contributed by atoms with Crippen LogP contribution >= 0.6 is 0 Å². The third-order valence-electron chi connectivity index (χ3n) is 3.72. The highest BCUT2D eigenvalue weighted by atomic mass is 16.2. The molecule has 106 valence electrons. The van der Waals surface area contributed by atoms with Gasteiger partial charge in [-0.1, -0.05) is 13.8 Å². The van der Waals surface area contributed by atoms with E-state index in [0.717, 1.165) is 12.8 Å². The van der Waals surface area contributed by atoms with Crippen LogP contribution < -0.4 is 5.56 Å². The van der Waals surface area contributed by atoms with Crippen molar-refractivity contribution in [3.63, 3.8) is 0 Å². The summed E-state index contributed by atoms with van der Waals surface area (Å²) in [6.45, 7) is 8.23. The van der Waals surface area contributed by atoms with Gasteiger partial charge in [0.1, 0.15) is 0 Å². The standard InChI is InChI=1S/C15H24N2O2/c1-6-11(3)17(12(4)7-2)15(19)13-8-9-16(5)14(18)10-13/h8-12H,6-7H2,1-5H3. The van der Waals surface area contributed by atoms with Crippen molar-refractivity contribution in [2.24, 2.45) is 7.05 Å². The van der Waals surface area contributed by atoms with Crippen LogP contribution in [-0.2, 0) is 7.05 Å². The Morgan fingerprint density at radius 1 is 1.26 bits per heavy atom. The predicted molar refractivity (Wildman–Crippen MR) is 77.4 cm³/mol. The van der Waals surface area contributed by atoms with Gasteiger partial charge in [-0.3, -0.25) is 9.59 Å². The van der Waals surface area contributed by atoms with Gasteiger partial charge in [0.15, 0.2) is 0 Å². The van der Waals surface area contributed by atoms with Crippen molar-refractivity contribution in [2.75, 3.05) is 0 Å². The Hall–Kier alpha value is -1.58. The van der Waals surface area contributed by atoms with Crippen LogP contribution in [0.25, 0.3) is 0 Å². The van der Waals surface area contributed by atoms with Crippen LogP contribution in [0.1, 0.15) is 50.9 Å². The van der Waals surface area contributed by atoms with E-state index in [-0.39, 0.29) is 23.6 Å². The quantitative estimate of drug-likeness (QED) is 0.819. The Morgan fingerprint density at radius 2 is 1.79 bits per heavy atom. The number of rotatable bonds is 5. The van der Waals surface area contributed by atoms with Gasteiger partial charge in [-0.2, -0.15) is 0 Å². The lowest BCUT2D eigenvalue weighted by atomic mass is 10.1. The molecule has 1 aromatic heterocycles. The third-order valence-corrected chi connectivity index (χ3v) is 3.72. The second-order valence-corrected chi connectivity index (χ2v) is 5.09. The van der Waals surface area contributed by atoms with Gasteiger partial charge in [0, 0.05) is 37.0 Å². The van der Waals surface area contributed by atoms with Gasteiger partial charge >= 0.3 is 0 Å². The zero-order chi connectivity index (χ0) is 14.6. The molecular weight excluding hydrogens is 240 g/mol. The Balaban J connectivity index is 3.11. The number of pyridine rings is 1. The molecule has 2 atom stereocenters. The molecule has 4 heteroatoms. The average molecular weight is 264 g/mol. The molecule has 0 saturated carbocycles. The molecule has 1 aromatic rings. The molecule has 1 rings (SSSR count). The minimum absolute atomic E-state index is 0.0543. The monoisotopic (exact) mass is 264 g/mol. The number of amides is 1. The van der Waals surface area contributed by atoms with Gasteiger partial charge in [0.05, 0.1) is 0 Å². The topological polar surface area (TPSA) is 42.3 Å². The zero-order valence-corrected chi connectivity index (χ0v) is 12.5. The lowest BCUT2D eigenvalue weighted by molar-refractivity contribution is 0.0598. The largest absolute Gasteiger partial charge is 0.333 e. The van der Waals surface area contributed by atoms with Crippen LogP contribution in [0.15, 0.2) is 23.1 Å². The summed E-state index contributed by atoms with van der Waals surface area (Å²) in [7, 11) is 1.68. The molecule has 0 bridgehead atoms. The number of aryl methyl sites for hydroxylation is 1. The first-order chi connectivity index (χ1) is 8.92. The van der Waals surface area contributed by atoms with Crippen LogP contribution in [0.4, 0.5) is 0 Å². The normalized spacial score (nSPS) is 13.9. The lowest BCUT2D eigenvalue weighted by Gasteiger charge is -2.34. The summed E-state index contributed by atoms with van der Waals surface area (Å²) in [6, 6.07) is 3.47. The number of carbonyl (C=O) groups is 1. The summed E-state index contributed by atoms with van der Waals surface area (Å²) in [5, 5.41) is 0. The molecule has 0 spiro atoms. The molecule has 0 saturated heterocycles. The second-order valence-electron chi connectivity index (χ2n) is 5.09. The summed E-state index contributed by atoms with van der Waals surface area (Å²) in [4.78, 5) is 26.1. The highest BCUT2D eigenvalue weighted by Crippen LogP contribution is 2.15. The van der Waals surface area contributed by atoms with Gasteiger partial charge in [-0.25, -0.2) is 0 Å². The molecule has 0 radical (unpaired) electrons. The maximum absolute atomic E-state index is 12.6. The fourth-order valence-electron chi connectivity index (χ4n) is 2.06. The van der Waals surface area contributed by atoms with Crippen molar-refractivity contribution in [1.29, 1.82) is 0 Å². The number of nitrogens with zero attached hydrogens (tertiary/aromatic N) is 2. The van der Waals surface area contributed by atoms with E-state index in [9.17, 15) is 9.59 Å². The average Bonchev–Trinajstić information content (AvgIpc) is 2.41. The van der Waals surface area contributed by atoms with E-state index in [2.05, 4.69) is 13.8 Å². The SMILES string of the molecule is CCC(C)N(C(=O)c1ccn(C)c(=O)c1)C(C)CC. The van der Waals surface area contributed by atoms with E-state index < -0.39 is 0 Å². The van der Waals surface area contributed by atoms with Crippen LogP contribution in [0.2, 0.25) is 0 Å². The summed E-state index contributed by atoms with van der Waals surface area (Å²) in [5.74, 6) is -0.0543. The van der Waals surface area contributed by atoms with Gasteiger partial charge in [0.2, 0.25) is 0 Å². The minimum Gasteiger partial charge on any atom is -0.333 e. The molecule has 1 amide bonds. The van der Waals surface area contributed by atoms with Crippen molar-refractivity contribution < 1.29 is 4.79 Å². The first-order valence-corrected chi connectivity index (χ1v) is 6.91. The van der Waals surface area contributed by atoms with Gasteiger partial charge in [0.25, 0.3) is 11.5 Å². The first-order valence-electron chi connectivity index (χ1n) is 6.91. The van der Waals surface area contributed by atoms with Crippen LogP contribution in [0.5, 0.6) is 0 Å². The van der Waals surface area contributed by atoms with Crippen molar-refractivity contribution in [3.05, 3.63) is 34.2 Å². The van der Waals surface area contributed by atoms with Gasteiger partial charge < -0.3 is 9.47 Å². The predicted octanol–water partition coefficient (Wildman–Crippen LogP) is 2.42. The zero-order valence-electron chi connectivity index (χ0n) is 12.5. The van der Waals surface area contributed by atoms with Gasteiger partial charge in [-0.15, -0.1) is 0 Å². The van der Waals surface area contributed by atoms with Crippen molar-refractivity contribution in [3.8, 4) is 0 Å². The van der Waals surface area contributed by atoms with Crippen molar-refractivity contribution in [2.45, 2.75) is 52.6 Å². The molecule has 19 heavy (non-hydrogen) atoms. The summed E-state index contributed by atoms with van der Waals surface area (Å²) < 4.78 is 1.47. The highest BCUT2D eigenvalue weighted by Gasteiger charge is 2.24. The molecule has 4 nitrogen and oxygen atoms in total. The highest BCUT2D eigenvalue weighted by molar-refractivity contribution is 5.94. The number of hydrogen-bond donors (Lipinski definition) is 0. The number of carbonyl (C=O) groups excluding carboxylic acids is 1. The Kier molecular flexibility index (Phi) is 5.33. The molecule has 0 aliphatic heterocycles. The summed E-state index contributed by atoms with van der Waals surface area (Å²) >= 11 is 0. The van der Waals surface area contributed by atoms with E-state index in [1.807, 2.05) is 18.7 Å². The van der Waals surface area contributed by atoms with E-state index >= 15 is 0 Å². The van der Waals surface area contributed by atoms with Crippen LogP contribution in [-0.4, -0.2) is 27.5 Å². The Bertz CT molecular complexity index is 483. The van der Waals surface area contributed by atoms with E-state index in [4.69, 9.17) is 0 Å². The molecule has 0 aliphatic rings.